The molecule has 0 atom stereocenters. The molecule has 0 aliphatic carbocycles. The minimum Gasteiger partial charge on any atom is -0.494 e. The Kier molecular flexibility index (Phi) is 1900. The van der Waals surface area contributed by atoms with Crippen molar-refractivity contribution in [2.45, 2.75) is 52.0 Å². The second kappa shape index (κ2) is 218. The van der Waals surface area contributed by atoms with Crippen LogP contribution in [0.1, 0.15) is 52.0 Å². The summed E-state index contributed by atoms with van der Waals surface area (Å²) in [4.78, 5) is 45.5. The Morgan fingerprint density at radius 3 is 0.909 bits per heavy atom. The fourth-order valence-corrected chi connectivity index (χ4v) is 0.148. The van der Waals surface area contributed by atoms with Gasteiger partial charge in [0.1, 0.15) is 0 Å². The first kappa shape index (κ1) is 287. The van der Waals surface area contributed by atoms with Gasteiger partial charge in [-0.2, -0.15) is 24.6 Å². The number of hydrogen-bond acceptors (Lipinski definition) is 12. The van der Waals surface area contributed by atoms with E-state index in [2.05, 4.69) is 24.4 Å². The van der Waals surface area contributed by atoms with E-state index in [0.29, 0.717) is 6.47 Å². The summed E-state index contributed by atoms with van der Waals surface area (Å²) in [5, 5.41) is 7.52. The Morgan fingerprint density at radius 1 is 0.515 bits per heavy atom. The van der Waals surface area contributed by atoms with E-state index in [9.17, 15) is 14.4 Å². The predicted octanol–water partition coefficient (Wildman–Crippen LogP) is -2.81. The Hall–Kier alpha value is -0.302. The fraction of sp³-hybridized carbons (Fsp3) is 0.700. The third kappa shape index (κ3) is 244. The Bertz CT molecular complexity index is 214. The third-order valence-electron chi connectivity index (χ3n) is 0.396. The van der Waals surface area contributed by atoms with Crippen LogP contribution in [-0.4, -0.2) is 73.3 Å². The molecule has 0 aromatic rings. The van der Waals surface area contributed by atoms with Gasteiger partial charge in [0.25, 0.3) is 0 Å². The van der Waals surface area contributed by atoms with E-state index in [4.69, 9.17) is 5.26 Å². The van der Waals surface area contributed by atoms with Crippen molar-refractivity contribution >= 4 is 18.8 Å². The summed E-state index contributed by atoms with van der Waals surface area (Å²) < 4.78 is 0. The van der Waals surface area contributed by atoms with Crippen LogP contribution in [0.3, 0.4) is 0 Å². The summed E-state index contributed by atoms with van der Waals surface area (Å²) >= 11 is 0. The summed E-state index contributed by atoms with van der Waals surface area (Å²) in [6.45, 7) is 0.706. The van der Waals surface area contributed by atoms with Crippen molar-refractivity contribution < 1.29 is 159 Å². The third-order valence-corrected chi connectivity index (χ3v) is 0.396. The van der Waals surface area contributed by atoms with Crippen LogP contribution in [0.5, 0.6) is 0 Å². The first-order valence-corrected chi connectivity index (χ1v) is 2.15. The van der Waals surface area contributed by atoms with E-state index < -0.39 is 12.3 Å². The van der Waals surface area contributed by atoms with Gasteiger partial charge in [-0.05, 0) is 6.47 Å². The molecule has 0 saturated carbocycles. The second-order valence-electron chi connectivity index (χ2n) is 1.01. The molecule has 0 rings (SSSR count). The van der Waals surface area contributed by atoms with Crippen LogP contribution in [0.4, 0.5) is 9.59 Å². The molecular weight excluding hydrogens is 628 g/mol. The van der Waals surface area contributed by atoms with Crippen LogP contribution in [0, 0.1) is 0 Å². The van der Waals surface area contributed by atoms with Crippen LogP contribution < -0.4 is 18.5 Å². The fourth-order valence-electron chi connectivity index (χ4n) is 0.148. The van der Waals surface area contributed by atoms with Gasteiger partial charge in [0.05, 0.1) is 0 Å². The Balaban J connectivity index is -0.00000000288. The van der Waals surface area contributed by atoms with Gasteiger partial charge in [-0.25, -0.2) is 4.89 Å². The average molecular weight is 684 g/mol. The number of hydrogen-bond donors (Lipinski definition) is 4. The van der Waals surface area contributed by atoms with Crippen molar-refractivity contribution in [2.75, 3.05) is 0 Å². The molecular formula is C10H56N3O18Y2-. The summed E-state index contributed by atoms with van der Waals surface area (Å²) in [6, 6.07) is 0. The van der Waals surface area contributed by atoms with Crippen LogP contribution in [-0.2, 0) is 94.7 Å². The van der Waals surface area contributed by atoms with Gasteiger partial charge in [0.15, 0.2) is 0 Å². The molecule has 0 aliphatic heterocycles. The second-order valence-corrected chi connectivity index (χ2v) is 1.01. The molecule has 0 spiro atoms. The molecule has 0 aliphatic rings. The van der Waals surface area contributed by atoms with Gasteiger partial charge in [0.2, 0.25) is 0 Å². The normalized spacial score (nSPS) is 2.82. The van der Waals surface area contributed by atoms with Crippen molar-refractivity contribution in [3.8, 4) is 0 Å². The first-order chi connectivity index (χ1) is 5.70. The maximum absolute atomic E-state index is 10.1. The molecule has 0 saturated heterocycles. The molecule has 0 aromatic carbocycles. The van der Waals surface area contributed by atoms with Crippen molar-refractivity contribution in [1.82, 2.24) is 18.5 Å². The molecule has 0 fully saturated rings. The van der Waals surface area contributed by atoms with Gasteiger partial charge in [-0.1, -0.05) is 52.0 Å². The molecule has 0 bridgehead atoms. The summed E-state index contributed by atoms with van der Waals surface area (Å²) in [5.74, 6) is 0. The summed E-state index contributed by atoms with van der Waals surface area (Å²) in [5.41, 5.74) is 0. The Labute approximate surface area is 246 Å². The first-order valence-electron chi connectivity index (χ1n) is 2.15. The van der Waals surface area contributed by atoms with E-state index in [1.165, 1.54) is 0 Å². The molecule has 28 N–H and O–H groups in total. The maximum Gasteiger partial charge on any atom is 0.589 e. The molecule has 0 heterocycles. The smallest absolute Gasteiger partial charge is 0.494 e. The molecule has 0 amide bonds. The zero-order valence-electron chi connectivity index (χ0n) is 13.0. The monoisotopic (exact) mass is 684 g/mol. The molecule has 0 unspecified atom stereocenters. The summed E-state index contributed by atoms with van der Waals surface area (Å²) in [6.07, 6.45) is -3.37. The molecule has 226 valence electrons. The minimum absolute atomic E-state index is 0. The van der Waals surface area contributed by atoms with Gasteiger partial charge in [0, 0.05) is 65.4 Å². The van der Waals surface area contributed by atoms with Crippen LogP contribution in [0.15, 0.2) is 0 Å². The van der Waals surface area contributed by atoms with Gasteiger partial charge < -0.3 is 77.4 Å². The van der Waals surface area contributed by atoms with Crippen LogP contribution in [0.2, 0.25) is 0 Å². The standard InChI is InChI=1S/C3HO9.7CH4.3H3N.9H2O.2Y/c4-1-8-10-3(6)12-11-2(5)9-7;;;;;;;;;;;;;;;;;;;;;/h7H;7*1H4;3*1H3;9*1H2;;/q-1;;;;;;;;;;;;;;;;;;;;;. The Morgan fingerprint density at radius 2 is 0.727 bits per heavy atom. The van der Waals surface area contributed by atoms with E-state index in [-0.39, 0.29) is 185 Å². The van der Waals surface area contributed by atoms with Crippen molar-refractivity contribution in [3.63, 3.8) is 0 Å². The largest absolute Gasteiger partial charge is 0.589 e. The number of carbonyl (C=O) groups is 2. The van der Waals surface area contributed by atoms with Gasteiger partial charge in [-0.3, -0.25) is 4.89 Å². The predicted molar refractivity (Wildman–Crippen MR) is 119 cm³/mol. The van der Waals surface area contributed by atoms with Crippen molar-refractivity contribution in [1.29, 1.82) is 0 Å². The summed E-state index contributed by atoms with van der Waals surface area (Å²) in [7, 11) is 0. The van der Waals surface area contributed by atoms with E-state index >= 15 is 0 Å². The topological polar surface area (TPSA) is 506 Å². The zero-order valence-corrected chi connectivity index (χ0v) is 18.7. The van der Waals surface area contributed by atoms with E-state index in [0.717, 1.165) is 0 Å². The molecule has 23 heteroatoms. The minimum atomic E-state index is -1.71. The van der Waals surface area contributed by atoms with E-state index in [1.54, 1.807) is 0 Å². The quantitative estimate of drug-likeness (QED) is 0.130. The van der Waals surface area contributed by atoms with Crippen LogP contribution >= 0.6 is 0 Å². The number of rotatable bonds is 2. The van der Waals surface area contributed by atoms with E-state index in [1.807, 2.05) is 0 Å². The molecule has 21 nitrogen and oxygen atoms in total. The van der Waals surface area contributed by atoms with Crippen molar-refractivity contribution in [2.24, 2.45) is 0 Å². The number of carbonyl (C=O) groups excluding carboxylic acids is 3. The molecule has 33 heavy (non-hydrogen) atoms. The SMILES string of the molecule is C.C.C.C.C.C.C.N.N.N.O.O.O.O.O.O.O.O.O.O=[C-]OOC(=O)OOC(=O)OO.[Y].[Y]. The molecule has 0 aromatic heterocycles. The maximum atomic E-state index is 10.1. The zero-order chi connectivity index (χ0) is 9.40. The average Bonchev–Trinajstić information content (AvgIpc) is 2.10. The van der Waals surface area contributed by atoms with Gasteiger partial charge >= 0.3 is 12.3 Å². The molecule has 2 radical (unpaired) electrons. The van der Waals surface area contributed by atoms with Gasteiger partial charge in [-0.15, -0.1) is 0 Å². The van der Waals surface area contributed by atoms with Crippen LogP contribution in [0.25, 0.3) is 0 Å². The van der Waals surface area contributed by atoms with Crippen molar-refractivity contribution in [3.05, 3.63) is 0 Å².